The van der Waals surface area contributed by atoms with E-state index in [1.807, 2.05) is 12.1 Å². The molecule has 0 bridgehead atoms. The van der Waals surface area contributed by atoms with Gasteiger partial charge in [-0.1, -0.05) is 33.3 Å². The Morgan fingerprint density at radius 1 is 1.48 bits per heavy atom. The van der Waals surface area contributed by atoms with Crippen molar-refractivity contribution in [2.45, 2.75) is 51.5 Å². The first-order valence-corrected chi connectivity index (χ1v) is 9.06. The summed E-state index contributed by atoms with van der Waals surface area (Å²) in [6, 6.07) is 3.72. The molecule has 5 nitrogen and oxygen atoms in total. The third-order valence-electron chi connectivity index (χ3n) is 5.54. The molecule has 0 radical (unpaired) electrons. The second kappa shape index (κ2) is 6.82. The third-order valence-corrected chi connectivity index (χ3v) is 5.54. The minimum absolute atomic E-state index is 0.0263. The Balaban J connectivity index is 1.90. The van der Waals surface area contributed by atoms with Gasteiger partial charge in [0.05, 0.1) is 11.3 Å². The lowest BCUT2D eigenvalue weighted by atomic mass is 9.77. The van der Waals surface area contributed by atoms with Crippen molar-refractivity contribution in [3.05, 3.63) is 36.2 Å². The molecule has 2 aromatic heterocycles. The molecule has 1 aliphatic rings. The fraction of sp³-hybridized carbons (Fsp3) is 0.450. The summed E-state index contributed by atoms with van der Waals surface area (Å²) in [6.45, 7) is 9.01. The van der Waals surface area contributed by atoms with E-state index in [-0.39, 0.29) is 11.4 Å². The minimum atomic E-state index is 0.0263. The number of H-pyrrole nitrogens is 1. The lowest BCUT2D eigenvalue weighted by molar-refractivity contribution is -0.0109. The Bertz CT molecular complexity index is 818. The fourth-order valence-corrected chi connectivity index (χ4v) is 3.75. The molecule has 132 valence electrons. The van der Waals surface area contributed by atoms with Crippen LogP contribution in [0.25, 0.3) is 16.6 Å². The van der Waals surface area contributed by atoms with Crippen molar-refractivity contribution < 1.29 is 4.79 Å². The van der Waals surface area contributed by atoms with Gasteiger partial charge in [0.2, 0.25) is 0 Å². The molecule has 0 spiro atoms. The van der Waals surface area contributed by atoms with Crippen LogP contribution in [0, 0.1) is 5.41 Å². The molecular weight excluding hydrogens is 312 g/mol. The van der Waals surface area contributed by atoms with Crippen molar-refractivity contribution in [2.75, 3.05) is 6.54 Å². The van der Waals surface area contributed by atoms with Crippen molar-refractivity contribution >= 4 is 28.7 Å². The second-order valence-corrected chi connectivity index (χ2v) is 6.85. The number of aromatic amines is 1. The summed E-state index contributed by atoms with van der Waals surface area (Å²) in [6.07, 6.45) is 8.43. The lowest BCUT2D eigenvalue weighted by Crippen LogP contribution is -2.61. The first-order chi connectivity index (χ1) is 12.1. The number of aromatic nitrogens is 2. The fourth-order valence-electron chi connectivity index (χ4n) is 3.75. The molecule has 0 aliphatic carbocycles. The van der Waals surface area contributed by atoms with Crippen LogP contribution in [0.3, 0.4) is 0 Å². The van der Waals surface area contributed by atoms with Gasteiger partial charge in [-0.05, 0) is 31.4 Å². The van der Waals surface area contributed by atoms with E-state index in [0.717, 1.165) is 44.0 Å². The second-order valence-electron chi connectivity index (χ2n) is 6.85. The number of allylic oxidation sites excluding steroid dienone is 1. The van der Waals surface area contributed by atoms with Gasteiger partial charge in [-0.3, -0.25) is 4.79 Å². The predicted octanol–water partition coefficient (Wildman–Crippen LogP) is 4.41. The topological polar surface area (TPSA) is 72.8 Å². The summed E-state index contributed by atoms with van der Waals surface area (Å²) in [5.74, 6) is 0.0934. The van der Waals surface area contributed by atoms with Gasteiger partial charge >= 0.3 is 0 Å². The first kappa shape index (κ1) is 17.4. The van der Waals surface area contributed by atoms with Crippen LogP contribution in [0.15, 0.2) is 24.9 Å². The number of hydrogen-bond acceptors (Lipinski definition) is 3. The lowest BCUT2D eigenvalue weighted by Gasteiger charge is -2.53. The molecule has 2 N–H and O–H groups in total. The molecule has 2 aromatic rings. The van der Waals surface area contributed by atoms with E-state index in [1.165, 1.54) is 6.21 Å². The molecule has 3 heterocycles. The highest BCUT2D eigenvalue weighted by molar-refractivity contribution is 6.09. The number of pyridine rings is 1. The Labute approximate surface area is 148 Å². The SMILES string of the molecule is C=C(C=N)c1ccc2c(C(=O)N3CCC3(CC)CCCC)c[nH]c2n1. The van der Waals surface area contributed by atoms with Gasteiger partial charge in [0.1, 0.15) is 5.65 Å². The number of nitrogens with zero attached hydrogens (tertiary/aromatic N) is 2. The number of amides is 1. The third kappa shape index (κ3) is 2.88. The maximum Gasteiger partial charge on any atom is 0.256 e. The first-order valence-electron chi connectivity index (χ1n) is 9.06. The van der Waals surface area contributed by atoms with Gasteiger partial charge in [0.25, 0.3) is 5.91 Å². The largest absolute Gasteiger partial charge is 0.345 e. The number of fused-ring (bicyclic) bond motifs is 1. The number of unbranched alkanes of at least 4 members (excludes halogenated alkanes) is 1. The zero-order chi connectivity index (χ0) is 18.0. The minimum Gasteiger partial charge on any atom is -0.345 e. The molecule has 25 heavy (non-hydrogen) atoms. The molecule has 1 unspecified atom stereocenters. The van der Waals surface area contributed by atoms with Crippen molar-refractivity contribution in [1.29, 1.82) is 5.41 Å². The molecule has 1 aliphatic heterocycles. The van der Waals surface area contributed by atoms with Gasteiger partial charge in [0.15, 0.2) is 0 Å². The molecular formula is C20H26N4O. The van der Waals surface area contributed by atoms with E-state index in [2.05, 4.69) is 35.3 Å². The molecule has 1 atom stereocenters. The monoisotopic (exact) mass is 338 g/mol. The van der Waals surface area contributed by atoms with Crippen LogP contribution in [-0.2, 0) is 0 Å². The van der Waals surface area contributed by atoms with E-state index >= 15 is 0 Å². The Kier molecular flexibility index (Phi) is 4.75. The highest BCUT2D eigenvalue weighted by Gasteiger charge is 2.45. The van der Waals surface area contributed by atoms with Crippen LogP contribution >= 0.6 is 0 Å². The number of carbonyl (C=O) groups is 1. The maximum absolute atomic E-state index is 13.1. The molecule has 0 saturated carbocycles. The Morgan fingerprint density at radius 2 is 2.28 bits per heavy atom. The standard InChI is InChI=1S/C20H26N4O/c1-4-6-9-20(5-2)10-11-24(20)19(25)16-13-22-18-15(16)7-8-17(23-18)14(3)12-21/h7-8,12-13,21H,3-6,9-11H2,1-2H3,(H,22,23). The van der Waals surface area contributed by atoms with E-state index in [9.17, 15) is 4.79 Å². The van der Waals surface area contributed by atoms with E-state index in [4.69, 9.17) is 5.41 Å². The van der Waals surface area contributed by atoms with Crippen molar-refractivity contribution in [3.8, 4) is 0 Å². The van der Waals surface area contributed by atoms with Crippen molar-refractivity contribution in [2.24, 2.45) is 0 Å². The van der Waals surface area contributed by atoms with Crippen LogP contribution in [0.1, 0.15) is 62.0 Å². The Hall–Kier alpha value is -2.43. The van der Waals surface area contributed by atoms with Crippen molar-refractivity contribution in [3.63, 3.8) is 0 Å². The number of nitrogens with one attached hydrogen (secondary N) is 2. The van der Waals surface area contributed by atoms with Gasteiger partial charge in [-0.15, -0.1) is 0 Å². The van der Waals surface area contributed by atoms with Gasteiger partial charge in [-0.25, -0.2) is 4.98 Å². The molecule has 0 aromatic carbocycles. The predicted molar refractivity (Wildman–Crippen MR) is 102 cm³/mol. The highest BCUT2D eigenvalue weighted by atomic mass is 16.2. The molecule has 5 heteroatoms. The molecule has 3 rings (SSSR count). The van der Waals surface area contributed by atoms with Crippen LogP contribution in [-0.4, -0.2) is 39.1 Å². The van der Waals surface area contributed by atoms with E-state index in [1.54, 1.807) is 6.20 Å². The molecule has 1 amide bonds. The quantitative estimate of drug-likeness (QED) is 0.734. The number of carbonyl (C=O) groups excluding carboxylic acids is 1. The van der Waals surface area contributed by atoms with Crippen molar-refractivity contribution in [1.82, 2.24) is 14.9 Å². The number of hydrogen-bond donors (Lipinski definition) is 2. The zero-order valence-corrected chi connectivity index (χ0v) is 15.1. The average Bonchev–Trinajstić information content (AvgIpc) is 3.04. The maximum atomic E-state index is 13.1. The van der Waals surface area contributed by atoms with E-state index in [0.29, 0.717) is 22.5 Å². The number of likely N-dealkylation sites (tertiary alicyclic amines) is 1. The highest BCUT2D eigenvalue weighted by Crippen LogP contribution is 2.40. The summed E-state index contributed by atoms with van der Waals surface area (Å²) >= 11 is 0. The van der Waals surface area contributed by atoms with Crippen LogP contribution in [0.2, 0.25) is 0 Å². The molecule has 1 fully saturated rings. The summed E-state index contributed by atoms with van der Waals surface area (Å²) in [5.41, 5.74) is 2.58. The van der Waals surface area contributed by atoms with Gasteiger partial charge in [0, 0.05) is 35.5 Å². The summed E-state index contributed by atoms with van der Waals surface area (Å²) < 4.78 is 0. The Morgan fingerprint density at radius 3 is 2.88 bits per heavy atom. The summed E-state index contributed by atoms with van der Waals surface area (Å²) in [5, 5.41) is 8.13. The van der Waals surface area contributed by atoms with Crippen LogP contribution in [0.4, 0.5) is 0 Å². The van der Waals surface area contributed by atoms with E-state index < -0.39 is 0 Å². The summed E-state index contributed by atoms with van der Waals surface area (Å²) in [7, 11) is 0. The average molecular weight is 338 g/mol. The summed E-state index contributed by atoms with van der Waals surface area (Å²) in [4.78, 5) is 22.8. The number of rotatable bonds is 7. The molecule has 1 saturated heterocycles. The van der Waals surface area contributed by atoms with Gasteiger partial charge < -0.3 is 15.3 Å². The smallest absolute Gasteiger partial charge is 0.256 e. The normalized spacial score (nSPS) is 19.7. The zero-order valence-electron chi connectivity index (χ0n) is 15.1. The van der Waals surface area contributed by atoms with Crippen LogP contribution < -0.4 is 0 Å². The van der Waals surface area contributed by atoms with Gasteiger partial charge in [-0.2, -0.15) is 0 Å². The van der Waals surface area contributed by atoms with Crippen LogP contribution in [0.5, 0.6) is 0 Å².